The van der Waals surface area contributed by atoms with Gasteiger partial charge in [0.25, 0.3) is 0 Å². The van der Waals surface area contributed by atoms with E-state index in [2.05, 4.69) is 10.3 Å². The van der Waals surface area contributed by atoms with Crippen LogP contribution in [0.15, 0.2) is 51.4 Å². The van der Waals surface area contributed by atoms with E-state index in [0.717, 1.165) is 24.8 Å². The Morgan fingerprint density at radius 2 is 1.94 bits per heavy atom. The number of benzene rings is 1. The molecular weight excluding hydrogens is 435 g/mol. The van der Waals surface area contributed by atoms with Crippen molar-refractivity contribution < 1.29 is 13.6 Å². The number of anilines is 3. The standard InChI is InChI=1S/C26H27FN4O3/c1-14-5-8-21(20(27)11-14)30-24-15(2)25(34-26(33)16(24)3)23(18-9-10-29-22(28)12-18)17(4)31(13-32)19-6-7-19/h5,8-13,19,30H,6-7H2,1-4H3,(H2,28,29)/b23-17-. The van der Waals surface area contributed by atoms with Crippen LogP contribution in [0.3, 0.4) is 0 Å². The zero-order valence-electron chi connectivity index (χ0n) is 19.6. The highest BCUT2D eigenvalue weighted by molar-refractivity contribution is 5.85. The summed E-state index contributed by atoms with van der Waals surface area (Å²) in [5.41, 5.74) is 9.62. The van der Waals surface area contributed by atoms with E-state index in [-0.39, 0.29) is 17.5 Å². The molecule has 1 saturated carbocycles. The summed E-state index contributed by atoms with van der Waals surface area (Å²) in [4.78, 5) is 30.6. The van der Waals surface area contributed by atoms with E-state index in [1.165, 1.54) is 6.07 Å². The molecule has 3 N–H and O–H groups in total. The molecule has 4 rings (SSSR count). The second kappa shape index (κ2) is 9.13. The lowest BCUT2D eigenvalue weighted by Crippen LogP contribution is -2.24. The molecule has 1 aromatic carbocycles. The van der Waals surface area contributed by atoms with E-state index in [0.29, 0.717) is 39.5 Å². The van der Waals surface area contributed by atoms with Gasteiger partial charge in [-0.3, -0.25) is 4.79 Å². The van der Waals surface area contributed by atoms with Crippen LogP contribution in [0.1, 0.15) is 47.8 Å². The molecule has 34 heavy (non-hydrogen) atoms. The van der Waals surface area contributed by atoms with Crippen molar-refractivity contribution >= 4 is 29.2 Å². The van der Waals surface area contributed by atoms with E-state index in [4.69, 9.17) is 10.2 Å². The second-order valence-electron chi connectivity index (χ2n) is 8.63. The van der Waals surface area contributed by atoms with Gasteiger partial charge < -0.3 is 20.4 Å². The van der Waals surface area contributed by atoms with Gasteiger partial charge >= 0.3 is 5.63 Å². The summed E-state index contributed by atoms with van der Waals surface area (Å²) < 4.78 is 20.4. The molecule has 2 aromatic heterocycles. The Morgan fingerprint density at radius 1 is 1.21 bits per heavy atom. The molecule has 0 bridgehead atoms. The van der Waals surface area contributed by atoms with Gasteiger partial charge in [-0.2, -0.15) is 0 Å². The van der Waals surface area contributed by atoms with Gasteiger partial charge in [0.1, 0.15) is 17.4 Å². The van der Waals surface area contributed by atoms with E-state index in [1.807, 2.05) is 6.92 Å². The number of pyridine rings is 1. The number of nitrogens with zero attached hydrogens (tertiary/aromatic N) is 2. The fraction of sp³-hybridized carbons (Fsp3) is 0.269. The second-order valence-corrected chi connectivity index (χ2v) is 8.63. The van der Waals surface area contributed by atoms with Crippen molar-refractivity contribution in [1.82, 2.24) is 9.88 Å². The number of nitrogen functional groups attached to an aromatic ring is 1. The molecule has 0 radical (unpaired) electrons. The van der Waals surface area contributed by atoms with Crippen LogP contribution < -0.4 is 16.7 Å². The van der Waals surface area contributed by atoms with Gasteiger partial charge in [0.05, 0.1) is 16.9 Å². The van der Waals surface area contributed by atoms with Crippen LogP contribution in [0.25, 0.3) is 5.57 Å². The minimum atomic E-state index is -0.563. The van der Waals surface area contributed by atoms with Crippen molar-refractivity contribution in [3.05, 3.63) is 86.5 Å². The van der Waals surface area contributed by atoms with Crippen LogP contribution in [0.4, 0.5) is 21.6 Å². The van der Waals surface area contributed by atoms with Gasteiger partial charge in [-0.05, 0) is 75.9 Å². The highest BCUT2D eigenvalue weighted by Crippen LogP contribution is 2.38. The van der Waals surface area contributed by atoms with Crippen molar-refractivity contribution in [2.45, 2.75) is 46.6 Å². The lowest BCUT2D eigenvalue weighted by Gasteiger charge is -2.23. The number of aromatic nitrogens is 1. The SMILES string of the molecule is C/C(=C(\c1ccnc(N)c1)c1oc(=O)c(C)c(Nc2ccc(C)cc2F)c1C)N(C=O)C1CC1. The Labute approximate surface area is 197 Å². The van der Waals surface area contributed by atoms with Crippen molar-refractivity contribution in [2.24, 2.45) is 0 Å². The summed E-state index contributed by atoms with van der Waals surface area (Å²) >= 11 is 0. The predicted octanol–water partition coefficient (Wildman–Crippen LogP) is 4.83. The van der Waals surface area contributed by atoms with Gasteiger partial charge in [0.15, 0.2) is 0 Å². The van der Waals surface area contributed by atoms with Gasteiger partial charge in [-0.1, -0.05) is 6.07 Å². The van der Waals surface area contributed by atoms with Gasteiger partial charge in [-0.25, -0.2) is 14.2 Å². The van der Waals surface area contributed by atoms with Crippen molar-refractivity contribution in [3.63, 3.8) is 0 Å². The highest BCUT2D eigenvalue weighted by Gasteiger charge is 2.32. The Kier molecular flexibility index (Phi) is 6.24. The molecule has 0 spiro atoms. The van der Waals surface area contributed by atoms with Crippen LogP contribution in [0.2, 0.25) is 0 Å². The molecule has 1 aliphatic carbocycles. The number of rotatable bonds is 7. The minimum Gasteiger partial charge on any atom is -0.422 e. The Balaban J connectivity index is 1.95. The third kappa shape index (κ3) is 4.44. The zero-order valence-corrected chi connectivity index (χ0v) is 19.6. The van der Waals surface area contributed by atoms with Crippen molar-refractivity contribution in [1.29, 1.82) is 0 Å². The molecule has 1 fully saturated rings. The van der Waals surface area contributed by atoms with E-state index in [1.54, 1.807) is 56.1 Å². The molecule has 176 valence electrons. The van der Waals surface area contributed by atoms with Gasteiger partial charge in [0.2, 0.25) is 6.41 Å². The summed E-state index contributed by atoms with van der Waals surface area (Å²) in [6.07, 6.45) is 4.15. The summed E-state index contributed by atoms with van der Waals surface area (Å²) in [5, 5.41) is 3.07. The molecule has 1 aliphatic rings. The van der Waals surface area contributed by atoms with E-state index >= 15 is 0 Å². The topological polar surface area (TPSA) is 101 Å². The molecule has 7 nitrogen and oxygen atoms in total. The van der Waals surface area contributed by atoms with E-state index in [9.17, 15) is 14.0 Å². The largest absolute Gasteiger partial charge is 0.422 e. The van der Waals surface area contributed by atoms with Crippen LogP contribution in [0, 0.1) is 26.6 Å². The molecule has 3 aromatic rings. The number of hydrogen-bond acceptors (Lipinski definition) is 6. The van der Waals surface area contributed by atoms with Gasteiger partial charge in [0, 0.05) is 29.1 Å². The molecule has 0 saturated heterocycles. The number of aryl methyl sites for hydroxylation is 1. The molecular formula is C26H27FN4O3. The summed E-state index contributed by atoms with van der Waals surface area (Å²) in [7, 11) is 0. The van der Waals surface area contributed by atoms with Crippen LogP contribution >= 0.6 is 0 Å². The van der Waals surface area contributed by atoms with E-state index < -0.39 is 11.4 Å². The summed E-state index contributed by atoms with van der Waals surface area (Å²) in [5.74, 6) is 0.142. The minimum absolute atomic E-state index is 0.100. The Morgan fingerprint density at radius 3 is 2.56 bits per heavy atom. The number of nitrogens with two attached hydrogens (primary N) is 1. The monoisotopic (exact) mass is 462 g/mol. The smallest absolute Gasteiger partial charge is 0.341 e. The number of hydrogen-bond donors (Lipinski definition) is 2. The summed E-state index contributed by atoms with van der Waals surface area (Å²) in [6.45, 7) is 7.03. The maximum Gasteiger partial charge on any atom is 0.341 e. The van der Waals surface area contributed by atoms with Crippen molar-refractivity contribution in [2.75, 3.05) is 11.1 Å². The molecule has 1 amide bonds. The van der Waals surface area contributed by atoms with Crippen LogP contribution in [-0.2, 0) is 4.79 Å². The number of nitrogens with one attached hydrogen (secondary N) is 1. The number of carbonyl (C=O) groups excluding carboxylic acids is 1. The summed E-state index contributed by atoms with van der Waals surface area (Å²) in [6, 6.07) is 8.35. The fourth-order valence-electron chi connectivity index (χ4n) is 4.05. The van der Waals surface area contributed by atoms with Crippen molar-refractivity contribution in [3.8, 4) is 0 Å². The third-order valence-corrected chi connectivity index (χ3v) is 6.08. The molecule has 0 atom stereocenters. The van der Waals surface area contributed by atoms with Crippen LogP contribution in [-0.4, -0.2) is 22.3 Å². The average molecular weight is 463 g/mol. The lowest BCUT2D eigenvalue weighted by atomic mass is 9.96. The Hall–Kier alpha value is -3.94. The number of halogens is 1. The number of allylic oxidation sites excluding steroid dienone is 1. The number of amides is 1. The molecule has 2 heterocycles. The lowest BCUT2D eigenvalue weighted by molar-refractivity contribution is -0.116. The molecule has 0 unspecified atom stereocenters. The first kappa shape index (κ1) is 23.2. The van der Waals surface area contributed by atoms with Gasteiger partial charge in [-0.15, -0.1) is 0 Å². The first-order chi connectivity index (χ1) is 16.2. The maximum atomic E-state index is 14.6. The average Bonchev–Trinajstić information content (AvgIpc) is 3.62. The van der Waals surface area contributed by atoms with Crippen LogP contribution in [0.5, 0.6) is 0 Å². The first-order valence-corrected chi connectivity index (χ1v) is 11.1. The Bertz CT molecular complexity index is 1360. The predicted molar refractivity (Wildman–Crippen MR) is 130 cm³/mol. The fourth-order valence-corrected chi connectivity index (χ4v) is 4.05. The maximum absolute atomic E-state index is 14.6. The third-order valence-electron chi connectivity index (χ3n) is 6.08. The normalized spacial score (nSPS) is 13.9. The highest BCUT2D eigenvalue weighted by atomic mass is 19.1. The molecule has 0 aliphatic heterocycles. The quantitative estimate of drug-likeness (QED) is 0.488. The zero-order chi connectivity index (χ0) is 24.6. The first-order valence-electron chi connectivity index (χ1n) is 11.1. The number of carbonyl (C=O) groups is 1. The molecule has 8 heteroatoms.